The number of nitrogens with zero attached hydrogens (tertiary/aromatic N) is 2. The van der Waals surface area contributed by atoms with E-state index in [9.17, 15) is 4.79 Å². The van der Waals surface area contributed by atoms with Gasteiger partial charge in [-0.15, -0.1) is 0 Å². The maximum Gasteiger partial charge on any atom is 0.224 e. The number of amides is 1. The molecule has 0 radical (unpaired) electrons. The maximum atomic E-state index is 12.3. The van der Waals surface area contributed by atoms with Crippen LogP contribution >= 0.6 is 0 Å². The van der Waals surface area contributed by atoms with Crippen LogP contribution in [0.15, 0.2) is 67.0 Å². The van der Waals surface area contributed by atoms with Crippen molar-refractivity contribution in [3.8, 4) is 5.69 Å². The van der Waals surface area contributed by atoms with Crippen molar-refractivity contribution in [3.05, 3.63) is 78.1 Å². The third-order valence-corrected chi connectivity index (χ3v) is 4.05. The normalized spacial score (nSPS) is 10.7. The average molecular weight is 349 g/mol. The molecule has 0 aliphatic carbocycles. The monoisotopic (exact) mass is 349 g/mol. The van der Waals surface area contributed by atoms with Crippen molar-refractivity contribution in [2.24, 2.45) is 0 Å². The van der Waals surface area contributed by atoms with Crippen molar-refractivity contribution < 1.29 is 9.53 Å². The lowest BCUT2D eigenvalue weighted by Gasteiger charge is -2.10. The molecular formula is C21H23N3O2. The standard InChI is InChI=1S/C21H23N3O2/c1-2-26-16-18-8-6-7-11-20(18)23-21(25)13-12-17-14-22-24(15-17)19-9-4-3-5-10-19/h3-11,14-15H,2,12-13,16H2,1H3,(H,23,25). The number of carbonyl (C=O) groups is 1. The fourth-order valence-corrected chi connectivity index (χ4v) is 2.66. The molecule has 0 saturated carbocycles. The van der Waals surface area contributed by atoms with E-state index in [2.05, 4.69) is 10.4 Å². The first kappa shape index (κ1) is 17.9. The summed E-state index contributed by atoms with van der Waals surface area (Å²) in [6.07, 6.45) is 4.82. The quantitative estimate of drug-likeness (QED) is 0.669. The largest absolute Gasteiger partial charge is 0.377 e. The molecule has 3 rings (SSSR count). The van der Waals surface area contributed by atoms with E-state index >= 15 is 0 Å². The van der Waals surface area contributed by atoms with Gasteiger partial charge >= 0.3 is 0 Å². The van der Waals surface area contributed by atoms with Gasteiger partial charge in [-0.3, -0.25) is 4.79 Å². The summed E-state index contributed by atoms with van der Waals surface area (Å²) in [5.74, 6) is -0.0126. The zero-order valence-electron chi connectivity index (χ0n) is 14.9. The van der Waals surface area contributed by atoms with E-state index in [4.69, 9.17) is 4.74 Å². The van der Waals surface area contributed by atoms with E-state index < -0.39 is 0 Å². The Morgan fingerprint density at radius 3 is 2.69 bits per heavy atom. The van der Waals surface area contributed by atoms with Gasteiger partial charge in [-0.2, -0.15) is 5.10 Å². The van der Waals surface area contributed by atoms with Gasteiger partial charge in [-0.25, -0.2) is 4.68 Å². The Morgan fingerprint density at radius 1 is 1.12 bits per heavy atom. The zero-order chi connectivity index (χ0) is 18.2. The topological polar surface area (TPSA) is 56.1 Å². The summed E-state index contributed by atoms with van der Waals surface area (Å²) in [5, 5.41) is 7.35. The summed E-state index contributed by atoms with van der Waals surface area (Å²) >= 11 is 0. The summed E-state index contributed by atoms with van der Waals surface area (Å²) in [4.78, 5) is 12.3. The lowest BCUT2D eigenvalue weighted by atomic mass is 10.1. The SMILES string of the molecule is CCOCc1ccccc1NC(=O)CCc1cnn(-c2ccccc2)c1. The van der Waals surface area contributed by atoms with E-state index in [1.807, 2.05) is 78.6 Å². The lowest BCUT2D eigenvalue weighted by molar-refractivity contribution is -0.116. The van der Waals surface area contributed by atoms with Crippen LogP contribution in [0.2, 0.25) is 0 Å². The molecule has 1 N–H and O–H groups in total. The van der Waals surface area contributed by atoms with Gasteiger partial charge in [0.1, 0.15) is 0 Å². The molecule has 0 saturated heterocycles. The molecule has 0 aliphatic rings. The first-order chi connectivity index (χ1) is 12.8. The molecule has 3 aromatic rings. The molecule has 5 nitrogen and oxygen atoms in total. The molecule has 0 atom stereocenters. The fourth-order valence-electron chi connectivity index (χ4n) is 2.66. The summed E-state index contributed by atoms with van der Waals surface area (Å²) in [6, 6.07) is 17.7. The van der Waals surface area contributed by atoms with Crippen molar-refractivity contribution in [1.29, 1.82) is 0 Å². The molecule has 0 unspecified atom stereocenters. The zero-order valence-corrected chi connectivity index (χ0v) is 14.9. The maximum absolute atomic E-state index is 12.3. The number of hydrogen-bond acceptors (Lipinski definition) is 3. The van der Waals surface area contributed by atoms with E-state index in [1.165, 1.54) is 0 Å². The number of anilines is 1. The van der Waals surface area contributed by atoms with Crippen LogP contribution in [0.25, 0.3) is 5.69 Å². The second-order valence-corrected chi connectivity index (χ2v) is 5.97. The van der Waals surface area contributed by atoms with Gasteiger partial charge in [0.2, 0.25) is 5.91 Å². The minimum Gasteiger partial charge on any atom is -0.377 e. The fraction of sp³-hybridized carbons (Fsp3) is 0.238. The van der Waals surface area contributed by atoms with Crippen LogP contribution in [0.1, 0.15) is 24.5 Å². The molecule has 0 bridgehead atoms. The van der Waals surface area contributed by atoms with Crippen LogP contribution in [-0.2, 0) is 22.6 Å². The highest BCUT2D eigenvalue weighted by molar-refractivity contribution is 5.91. The van der Waals surface area contributed by atoms with Gasteiger partial charge in [0.05, 0.1) is 18.5 Å². The first-order valence-corrected chi connectivity index (χ1v) is 8.80. The molecule has 134 valence electrons. The van der Waals surface area contributed by atoms with Gasteiger partial charge in [0.15, 0.2) is 0 Å². The van der Waals surface area contributed by atoms with E-state index in [0.717, 1.165) is 22.5 Å². The molecule has 1 heterocycles. The third kappa shape index (κ3) is 4.80. The van der Waals surface area contributed by atoms with Gasteiger partial charge in [0.25, 0.3) is 0 Å². The lowest BCUT2D eigenvalue weighted by Crippen LogP contribution is -2.14. The number of ether oxygens (including phenoxy) is 1. The van der Waals surface area contributed by atoms with Crippen LogP contribution < -0.4 is 5.32 Å². The number of hydrogen-bond donors (Lipinski definition) is 1. The molecule has 0 aliphatic heterocycles. The smallest absolute Gasteiger partial charge is 0.224 e. The van der Waals surface area contributed by atoms with Crippen molar-refractivity contribution in [2.45, 2.75) is 26.4 Å². The van der Waals surface area contributed by atoms with Crippen LogP contribution in [0.4, 0.5) is 5.69 Å². The summed E-state index contributed by atoms with van der Waals surface area (Å²) in [5.41, 5.74) is 3.84. The predicted octanol–water partition coefficient (Wildman–Crippen LogP) is 3.98. The Hall–Kier alpha value is -2.92. The Labute approximate surface area is 153 Å². The minimum atomic E-state index is -0.0126. The van der Waals surface area contributed by atoms with E-state index in [1.54, 1.807) is 0 Å². The van der Waals surface area contributed by atoms with Gasteiger partial charge in [0, 0.05) is 30.5 Å². The summed E-state index contributed by atoms with van der Waals surface area (Å²) in [7, 11) is 0. The molecule has 26 heavy (non-hydrogen) atoms. The van der Waals surface area contributed by atoms with Gasteiger partial charge in [-0.1, -0.05) is 36.4 Å². The second kappa shape index (κ2) is 8.97. The van der Waals surface area contributed by atoms with Crippen molar-refractivity contribution in [2.75, 3.05) is 11.9 Å². The van der Waals surface area contributed by atoms with Gasteiger partial charge < -0.3 is 10.1 Å². The number of para-hydroxylation sites is 2. The molecule has 0 spiro atoms. The van der Waals surface area contributed by atoms with Crippen LogP contribution in [0.3, 0.4) is 0 Å². The Bertz CT molecular complexity index is 843. The Kier molecular flexibility index (Phi) is 6.17. The Balaban J connectivity index is 1.56. The van der Waals surface area contributed by atoms with E-state index in [-0.39, 0.29) is 5.91 Å². The summed E-state index contributed by atoms with van der Waals surface area (Å²) < 4.78 is 7.28. The molecule has 1 amide bonds. The molecule has 2 aromatic carbocycles. The second-order valence-electron chi connectivity index (χ2n) is 5.97. The molecule has 5 heteroatoms. The first-order valence-electron chi connectivity index (χ1n) is 8.80. The number of rotatable bonds is 8. The number of benzene rings is 2. The highest BCUT2D eigenvalue weighted by Crippen LogP contribution is 2.17. The number of aromatic nitrogens is 2. The number of aryl methyl sites for hydroxylation is 1. The van der Waals surface area contributed by atoms with Crippen molar-refractivity contribution in [1.82, 2.24) is 9.78 Å². The third-order valence-electron chi connectivity index (χ3n) is 4.05. The predicted molar refractivity (Wildman–Crippen MR) is 102 cm³/mol. The Morgan fingerprint density at radius 2 is 1.88 bits per heavy atom. The van der Waals surface area contributed by atoms with Crippen molar-refractivity contribution in [3.63, 3.8) is 0 Å². The van der Waals surface area contributed by atoms with Crippen LogP contribution in [0.5, 0.6) is 0 Å². The minimum absolute atomic E-state index is 0.0126. The van der Waals surface area contributed by atoms with E-state index in [0.29, 0.717) is 26.1 Å². The van der Waals surface area contributed by atoms with Gasteiger partial charge in [-0.05, 0) is 37.1 Å². The van der Waals surface area contributed by atoms with Crippen molar-refractivity contribution >= 4 is 11.6 Å². The highest BCUT2D eigenvalue weighted by atomic mass is 16.5. The number of carbonyl (C=O) groups excluding carboxylic acids is 1. The molecule has 1 aromatic heterocycles. The number of nitrogens with one attached hydrogen (secondary N) is 1. The molecule has 0 fully saturated rings. The molecular weight excluding hydrogens is 326 g/mol. The van der Waals surface area contributed by atoms with Crippen LogP contribution in [-0.4, -0.2) is 22.3 Å². The highest BCUT2D eigenvalue weighted by Gasteiger charge is 2.08. The average Bonchev–Trinajstić information content (AvgIpc) is 3.15. The summed E-state index contributed by atoms with van der Waals surface area (Å²) in [6.45, 7) is 3.10. The van der Waals surface area contributed by atoms with Crippen LogP contribution in [0, 0.1) is 0 Å².